The molecule has 0 saturated heterocycles. The van der Waals surface area contributed by atoms with Gasteiger partial charge in [0.2, 0.25) is 23.6 Å². The van der Waals surface area contributed by atoms with E-state index in [-0.39, 0.29) is 36.3 Å². The van der Waals surface area contributed by atoms with Crippen molar-refractivity contribution in [3.8, 4) is 0 Å². The molecule has 0 bridgehead atoms. The third-order valence-electron chi connectivity index (χ3n) is 6.56. The summed E-state index contributed by atoms with van der Waals surface area (Å²) in [4.78, 5) is 96.1. The Labute approximate surface area is 265 Å². The maximum Gasteiger partial charge on any atom is 0.326 e. The number of carbonyl (C=O) groups is 8. The first kappa shape index (κ1) is 36.6. The van der Waals surface area contributed by atoms with Crippen LogP contribution in [0.5, 0.6) is 0 Å². The molecule has 2 atom stereocenters. The van der Waals surface area contributed by atoms with E-state index in [1.54, 1.807) is 37.3 Å². The Kier molecular flexibility index (Phi) is 15.1. The van der Waals surface area contributed by atoms with Gasteiger partial charge in [-0.15, -0.1) is 0 Å². The summed E-state index contributed by atoms with van der Waals surface area (Å²) in [5, 5.41) is 21.6. The molecule has 46 heavy (non-hydrogen) atoms. The van der Waals surface area contributed by atoms with Crippen molar-refractivity contribution >= 4 is 47.7 Å². The molecule has 246 valence electrons. The van der Waals surface area contributed by atoms with E-state index in [2.05, 4.69) is 26.6 Å². The lowest BCUT2D eigenvalue weighted by atomic mass is 10.1. The number of amides is 6. The minimum absolute atomic E-state index is 0.0758. The number of carboxylic acid groups (broad SMARTS) is 1. The number of hydrogen-bond donors (Lipinski definition) is 7. The third kappa shape index (κ3) is 13.0. The number of carboxylic acids is 1. The topological polar surface area (TPSA) is 243 Å². The van der Waals surface area contributed by atoms with Crippen LogP contribution >= 0.6 is 0 Å². The lowest BCUT2D eigenvalue weighted by Gasteiger charge is -2.19. The Morgan fingerprint density at radius 2 is 1.37 bits per heavy atom. The fraction of sp³-hybridized carbons (Fsp3) is 0.355. The normalized spacial score (nSPS) is 11.7. The molecular weight excluding hydrogens is 600 g/mol. The van der Waals surface area contributed by atoms with Gasteiger partial charge in [0.25, 0.3) is 11.8 Å². The molecule has 2 rings (SSSR count). The molecule has 15 nitrogen and oxygen atoms in total. The van der Waals surface area contributed by atoms with E-state index in [0.29, 0.717) is 36.8 Å². The van der Waals surface area contributed by atoms with Crippen molar-refractivity contribution < 1.29 is 43.5 Å². The van der Waals surface area contributed by atoms with Crippen molar-refractivity contribution in [2.75, 3.05) is 19.6 Å². The molecule has 6 amide bonds. The second kappa shape index (κ2) is 18.9. The van der Waals surface area contributed by atoms with Gasteiger partial charge in [0.15, 0.2) is 0 Å². The standard InChI is InChI=1S/C31H38N6O9/c1-19-14-21(27(32)41)16-22(15-19)29(43)34-17-25(39)36-23(11-7-13-38)30(44)35-18-26(40)37-24(31(45)46)10-5-6-12-33-28(42)20-8-3-2-4-9-20/h2-4,8-9,13-16,23-24H,5-7,10-12,17-18H2,1H3,(H2,32,41)(H,33,42)(H,34,43)(H,35,44)(H,36,39)(H,37,40)(H,45,46)/t23-,24?/m1/s1. The zero-order valence-electron chi connectivity index (χ0n) is 25.3. The van der Waals surface area contributed by atoms with Crippen LogP contribution in [0.25, 0.3) is 0 Å². The molecule has 0 saturated carbocycles. The Balaban J connectivity index is 1.81. The Morgan fingerprint density at radius 3 is 2.00 bits per heavy atom. The van der Waals surface area contributed by atoms with E-state index in [0.717, 1.165) is 0 Å². The molecular formula is C31H38N6O9. The van der Waals surface area contributed by atoms with E-state index in [1.807, 2.05) is 0 Å². The molecule has 2 aromatic rings. The van der Waals surface area contributed by atoms with Crippen molar-refractivity contribution in [3.05, 3.63) is 70.8 Å². The average molecular weight is 639 g/mol. The quantitative estimate of drug-likeness (QED) is 0.0779. The van der Waals surface area contributed by atoms with Crippen LogP contribution in [0, 0.1) is 6.92 Å². The van der Waals surface area contributed by atoms with Gasteiger partial charge in [-0.25, -0.2) is 4.79 Å². The minimum Gasteiger partial charge on any atom is -0.480 e. The number of aldehydes is 1. The number of aliphatic carboxylic acids is 1. The largest absolute Gasteiger partial charge is 0.480 e. The van der Waals surface area contributed by atoms with Crippen LogP contribution in [0.3, 0.4) is 0 Å². The van der Waals surface area contributed by atoms with Crippen LogP contribution in [-0.2, 0) is 24.0 Å². The maximum absolute atomic E-state index is 12.7. The van der Waals surface area contributed by atoms with Crippen molar-refractivity contribution in [3.63, 3.8) is 0 Å². The third-order valence-corrected chi connectivity index (χ3v) is 6.56. The monoisotopic (exact) mass is 638 g/mol. The number of carbonyl (C=O) groups excluding carboxylic acids is 7. The highest BCUT2D eigenvalue weighted by Crippen LogP contribution is 2.09. The molecule has 0 fully saturated rings. The van der Waals surface area contributed by atoms with E-state index < -0.39 is 60.7 Å². The maximum atomic E-state index is 12.7. The fourth-order valence-electron chi connectivity index (χ4n) is 4.23. The van der Waals surface area contributed by atoms with E-state index in [9.17, 15) is 43.5 Å². The molecule has 0 spiro atoms. The Morgan fingerprint density at radius 1 is 0.761 bits per heavy atom. The number of hydrogen-bond acceptors (Lipinski definition) is 8. The zero-order valence-corrected chi connectivity index (χ0v) is 25.3. The van der Waals surface area contributed by atoms with Crippen molar-refractivity contribution in [1.82, 2.24) is 26.6 Å². The van der Waals surface area contributed by atoms with Gasteiger partial charge in [-0.3, -0.25) is 28.8 Å². The van der Waals surface area contributed by atoms with Crippen molar-refractivity contribution in [1.29, 1.82) is 0 Å². The second-order valence-corrected chi connectivity index (χ2v) is 10.3. The first-order chi connectivity index (χ1) is 21.9. The van der Waals surface area contributed by atoms with Gasteiger partial charge >= 0.3 is 5.97 Å². The predicted molar refractivity (Wildman–Crippen MR) is 164 cm³/mol. The number of benzene rings is 2. The molecule has 1 unspecified atom stereocenters. The van der Waals surface area contributed by atoms with Gasteiger partial charge in [-0.1, -0.05) is 18.2 Å². The molecule has 0 heterocycles. The molecule has 2 aromatic carbocycles. The summed E-state index contributed by atoms with van der Waals surface area (Å²) in [6, 6.07) is 10.4. The predicted octanol–water partition coefficient (Wildman–Crippen LogP) is -0.426. The van der Waals surface area contributed by atoms with Crippen LogP contribution < -0.4 is 32.3 Å². The second-order valence-electron chi connectivity index (χ2n) is 10.3. The minimum atomic E-state index is -1.28. The van der Waals surface area contributed by atoms with Crippen LogP contribution in [0.1, 0.15) is 68.7 Å². The van der Waals surface area contributed by atoms with E-state index >= 15 is 0 Å². The Bertz CT molecular complexity index is 1430. The van der Waals surface area contributed by atoms with Crippen LogP contribution in [0.2, 0.25) is 0 Å². The molecule has 0 aliphatic heterocycles. The Hall–Kier alpha value is -5.60. The highest BCUT2D eigenvalue weighted by Gasteiger charge is 2.23. The van der Waals surface area contributed by atoms with E-state index in [4.69, 9.17) is 5.73 Å². The van der Waals surface area contributed by atoms with Crippen LogP contribution in [0.15, 0.2) is 48.5 Å². The van der Waals surface area contributed by atoms with Crippen molar-refractivity contribution in [2.45, 2.75) is 51.1 Å². The summed E-state index contributed by atoms with van der Waals surface area (Å²) in [6.07, 6.45) is 1.27. The molecule has 0 aliphatic carbocycles. The smallest absolute Gasteiger partial charge is 0.326 e. The van der Waals surface area contributed by atoms with Gasteiger partial charge in [-0.05, 0) is 68.5 Å². The SMILES string of the molecule is Cc1cc(C(N)=O)cc(C(=O)NCC(=O)N[C@H](CCC=O)C(=O)NCC(=O)NC(CCCCNC(=O)c2ccccc2)C(=O)O)c1. The summed E-state index contributed by atoms with van der Waals surface area (Å²) in [7, 11) is 0. The van der Waals surface area contributed by atoms with Gasteiger partial charge in [0, 0.05) is 29.7 Å². The highest BCUT2D eigenvalue weighted by molar-refractivity contribution is 6.01. The summed E-state index contributed by atoms with van der Waals surface area (Å²) in [5.41, 5.74) is 6.58. The van der Waals surface area contributed by atoms with Gasteiger partial charge in [0.05, 0.1) is 13.1 Å². The summed E-state index contributed by atoms with van der Waals surface area (Å²) in [5.74, 6) is -5.29. The lowest BCUT2D eigenvalue weighted by molar-refractivity contribution is -0.142. The first-order valence-corrected chi connectivity index (χ1v) is 14.5. The summed E-state index contributed by atoms with van der Waals surface area (Å²) >= 11 is 0. The zero-order chi connectivity index (χ0) is 34.1. The molecule has 0 aliphatic rings. The average Bonchev–Trinajstić information content (AvgIpc) is 3.03. The molecule has 8 N–H and O–H groups in total. The first-order valence-electron chi connectivity index (χ1n) is 14.5. The highest BCUT2D eigenvalue weighted by atomic mass is 16.4. The number of aryl methyl sites for hydroxylation is 1. The number of nitrogens with two attached hydrogens (primary N) is 1. The van der Waals surface area contributed by atoms with Crippen molar-refractivity contribution in [2.24, 2.45) is 5.73 Å². The fourth-order valence-corrected chi connectivity index (χ4v) is 4.23. The number of rotatable bonds is 19. The number of unbranched alkanes of at least 4 members (excludes halogenated alkanes) is 1. The van der Waals surface area contributed by atoms with Crippen LogP contribution in [0.4, 0.5) is 0 Å². The summed E-state index contributed by atoms with van der Waals surface area (Å²) in [6.45, 7) is 0.824. The number of primary amides is 1. The molecule has 0 radical (unpaired) electrons. The molecule has 0 aromatic heterocycles. The number of nitrogens with one attached hydrogen (secondary N) is 5. The van der Waals surface area contributed by atoms with Crippen LogP contribution in [-0.4, -0.2) is 84.5 Å². The molecule has 15 heteroatoms. The van der Waals surface area contributed by atoms with Gasteiger partial charge < -0.3 is 42.2 Å². The van der Waals surface area contributed by atoms with E-state index in [1.165, 1.54) is 18.2 Å². The van der Waals surface area contributed by atoms with Gasteiger partial charge in [-0.2, -0.15) is 0 Å². The lowest BCUT2D eigenvalue weighted by Crippen LogP contribution is -2.52. The van der Waals surface area contributed by atoms with Gasteiger partial charge in [0.1, 0.15) is 18.4 Å². The summed E-state index contributed by atoms with van der Waals surface area (Å²) < 4.78 is 0.